The van der Waals surface area contributed by atoms with Crippen LogP contribution in [0.1, 0.15) is 25.7 Å². The Labute approximate surface area is 109 Å². The van der Waals surface area contributed by atoms with E-state index in [0.29, 0.717) is 12.2 Å². The third-order valence-electron chi connectivity index (χ3n) is 3.19. The second-order valence-electron chi connectivity index (χ2n) is 4.73. The molecule has 0 spiro atoms. The van der Waals surface area contributed by atoms with Crippen molar-refractivity contribution in [2.75, 3.05) is 11.9 Å². The SMILES string of the molecule is O=[N+]([O-])c1ccc(NCCCC2CC2)c([N+](=O)[O-])c1. The zero-order valence-corrected chi connectivity index (χ0v) is 10.4. The largest absolute Gasteiger partial charge is 0.379 e. The fourth-order valence-electron chi connectivity index (χ4n) is 1.95. The van der Waals surface area contributed by atoms with Crippen molar-refractivity contribution in [3.05, 3.63) is 38.4 Å². The number of nitrogens with zero attached hydrogens (tertiary/aromatic N) is 2. The van der Waals surface area contributed by atoms with Crippen LogP contribution in [0.3, 0.4) is 0 Å². The summed E-state index contributed by atoms with van der Waals surface area (Å²) in [6.45, 7) is 0.648. The van der Waals surface area contributed by atoms with Gasteiger partial charge in [0.15, 0.2) is 0 Å². The molecule has 1 aliphatic rings. The topological polar surface area (TPSA) is 98.3 Å². The van der Waals surface area contributed by atoms with Crippen LogP contribution in [-0.2, 0) is 0 Å². The van der Waals surface area contributed by atoms with Crippen LogP contribution >= 0.6 is 0 Å². The lowest BCUT2D eigenvalue weighted by Gasteiger charge is -2.06. The van der Waals surface area contributed by atoms with Gasteiger partial charge in [-0.2, -0.15) is 0 Å². The summed E-state index contributed by atoms with van der Waals surface area (Å²) < 4.78 is 0. The van der Waals surface area contributed by atoms with Crippen LogP contribution in [0.25, 0.3) is 0 Å². The number of rotatable bonds is 7. The van der Waals surface area contributed by atoms with E-state index in [1.54, 1.807) is 0 Å². The Bertz CT molecular complexity index is 500. The van der Waals surface area contributed by atoms with Gasteiger partial charge in [-0.15, -0.1) is 0 Å². The van der Waals surface area contributed by atoms with Gasteiger partial charge in [0.05, 0.1) is 15.9 Å². The highest BCUT2D eigenvalue weighted by Gasteiger charge is 2.21. The second kappa shape index (κ2) is 5.64. The zero-order chi connectivity index (χ0) is 13.8. The summed E-state index contributed by atoms with van der Waals surface area (Å²) in [5.41, 5.74) is -0.178. The molecule has 0 saturated heterocycles. The lowest BCUT2D eigenvalue weighted by Crippen LogP contribution is -2.05. The molecule has 0 bridgehead atoms. The number of nitrogens with one attached hydrogen (secondary N) is 1. The molecule has 0 amide bonds. The van der Waals surface area contributed by atoms with Gasteiger partial charge < -0.3 is 5.32 Å². The predicted octanol–water partition coefficient (Wildman–Crippen LogP) is 3.11. The van der Waals surface area contributed by atoms with E-state index < -0.39 is 9.85 Å². The average Bonchev–Trinajstić information content (AvgIpc) is 3.18. The summed E-state index contributed by atoms with van der Waals surface area (Å²) in [6.07, 6.45) is 4.67. The van der Waals surface area contributed by atoms with Gasteiger partial charge >= 0.3 is 0 Å². The molecule has 0 aromatic heterocycles. The first kappa shape index (κ1) is 13.3. The number of nitro benzene ring substituents is 2. The molecule has 1 fully saturated rings. The summed E-state index contributed by atoms with van der Waals surface area (Å²) in [4.78, 5) is 20.2. The summed E-state index contributed by atoms with van der Waals surface area (Å²) in [5, 5.41) is 24.5. The molecular weight excluding hydrogens is 250 g/mol. The smallest absolute Gasteiger partial charge is 0.299 e. The molecule has 7 nitrogen and oxygen atoms in total. The lowest BCUT2D eigenvalue weighted by atomic mass is 10.2. The zero-order valence-electron chi connectivity index (χ0n) is 10.4. The van der Waals surface area contributed by atoms with Gasteiger partial charge in [-0.05, 0) is 24.8 Å². The maximum Gasteiger partial charge on any atom is 0.299 e. The second-order valence-corrected chi connectivity index (χ2v) is 4.73. The minimum absolute atomic E-state index is 0.249. The van der Waals surface area contributed by atoms with Crippen molar-refractivity contribution in [2.24, 2.45) is 5.92 Å². The fourth-order valence-corrected chi connectivity index (χ4v) is 1.95. The molecule has 2 rings (SSSR count). The molecule has 0 atom stereocenters. The van der Waals surface area contributed by atoms with Crippen LogP contribution in [0.15, 0.2) is 18.2 Å². The van der Waals surface area contributed by atoms with Crippen molar-refractivity contribution in [1.82, 2.24) is 0 Å². The van der Waals surface area contributed by atoms with E-state index in [9.17, 15) is 20.2 Å². The van der Waals surface area contributed by atoms with Crippen molar-refractivity contribution in [3.63, 3.8) is 0 Å². The molecule has 19 heavy (non-hydrogen) atoms. The number of hydrogen-bond donors (Lipinski definition) is 1. The van der Waals surface area contributed by atoms with E-state index in [2.05, 4.69) is 5.32 Å². The van der Waals surface area contributed by atoms with E-state index in [-0.39, 0.29) is 11.4 Å². The fraction of sp³-hybridized carbons (Fsp3) is 0.500. The molecule has 102 valence electrons. The van der Waals surface area contributed by atoms with Crippen LogP contribution < -0.4 is 5.32 Å². The van der Waals surface area contributed by atoms with Gasteiger partial charge in [0.1, 0.15) is 5.69 Å². The van der Waals surface area contributed by atoms with Crippen LogP contribution in [-0.4, -0.2) is 16.4 Å². The Kier molecular flexibility index (Phi) is 3.94. The first-order chi connectivity index (χ1) is 9.08. The summed E-state index contributed by atoms with van der Waals surface area (Å²) in [7, 11) is 0. The molecule has 1 aromatic rings. The molecule has 1 saturated carbocycles. The highest BCUT2D eigenvalue weighted by molar-refractivity contribution is 5.65. The quantitative estimate of drug-likeness (QED) is 0.464. The first-order valence-corrected chi connectivity index (χ1v) is 6.24. The van der Waals surface area contributed by atoms with E-state index in [0.717, 1.165) is 24.8 Å². The Hall–Kier alpha value is -2.18. The number of hydrogen-bond acceptors (Lipinski definition) is 5. The Balaban J connectivity index is 2.00. The van der Waals surface area contributed by atoms with Crippen molar-refractivity contribution in [2.45, 2.75) is 25.7 Å². The van der Waals surface area contributed by atoms with Crippen LogP contribution in [0.2, 0.25) is 0 Å². The van der Waals surface area contributed by atoms with Crippen molar-refractivity contribution in [3.8, 4) is 0 Å². The van der Waals surface area contributed by atoms with Gasteiger partial charge in [0.2, 0.25) is 0 Å². The number of non-ortho nitro benzene ring substituents is 1. The monoisotopic (exact) mass is 265 g/mol. The highest BCUT2D eigenvalue weighted by Crippen LogP contribution is 2.33. The Morgan fingerprint density at radius 3 is 2.53 bits per heavy atom. The summed E-state index contributed by atoms with van der Waals surface area (Å²) >= 11 is 0. The molecule has 0 radical (unpaired) electrons. The van der Waals surface area contributed by atoms with Gasteiger partial charge in [-0.3, -0.25) is 20.2 Å². The summed E-state index contributed by atoms with van der Waals surface area (Å²) in [6, 6.07) is 3.66. The standard InChI is InChI=1S/C12H15N3O4/c16-14(17)10-5-6-11(12(8-10)15(18)19)13-7-1-2-9-3-4-9/h5-6,8-9,13H,1-4,7H2. The minimum atomic E-state index is -0.635. The van der Waals surface area contributed by atoms with Crippen molar-refractivity contribution >= 4 is 17.1 Å². The maximum atomic E-state index is 10.9. The van der Waals surface area contributed by atoms with Crippen molar-refractivity contribution < 1.29 is 9.85 Å². The molecule has 1 aromatic carbocycles. The van der Waals surface area contributed by atoms with E-state index in [1.807, 2.05) is 0 Å². The summed E-state index contributed by atoms with van der Waals surface area (Å²) in [5.74, 6) is 0.827. The number of nitro groups is 2. The van der Waals surface area contributed by atoms with Crippen molar-refractivity contribution in [1.29, 1.82) is 0 Å². The molecule has 0 unspecified atom stereocenters. The first-order valence-electron chi connectivity index (χ1n) is 6.24. The molecule has 1 N–H and O–H groups in total. The number of benzene rings is 1. The molecule has 0 aliphatic heterocycles. The molecular formula is C12H15N3O4. The Morgan fingerprint density at radius 1 is 1.21 bits per heavy atom. The third-order valence-corrected chi connectivity index (χ3v) is 3.19. The molecule has 0 heterocycles. The average molecular weight is 265 g/mol. The normalized spacial score (nSPS) is 14.1. The van der Waals surface area contributed by atoms with E-state index >= 15 is 0 Å². The predicted molar refractivity (Wildman–Crippen MR) is 70.2 cm³/mol. The Morgan fingerprint density at radius 2 is 1.95 bits per heavy atom. The van der Waals surface area contributed by atoms with E-state index in [1.165, 1.54) is 25.0 Å². The van der Waals surface area contributed by atoms with Gasteiger partial charge in [-0.1, -0.05) is 12.8 Å². The highest BCUT2D eigenvalue weighted by atomic mass is 16.6. The maximum absolute atomic E-state index is 10.9. The van der Waals surface area contributed by atoms with Gasteiger partial charge in [-0.25, -0.2) is 0 Å². The van der Waals surface area contributed by atoms with Gasteiger partial charge in [0, 0.05) is 12.6 Å². The molecule has 7 heteroatoms. The van der Waals surface area contributed by atoms with Crippen LogP contribution in [0.5, 0.6) is 0 Å². The lowest BCUT2D eigenvalue weighted by molar-refractivity contribution is -0.393. The minimum Gasteiger partial charge on any atom is -0.379 e. The third kappa shape index (κ3) is 3.64. The molecule has 1 aliphatic carbocycles. The van der Waals surface area contributed by atoms with Crippen LogP contribution in [0, 0.1) is 26.1 Å². The number of anilines is 1. The van der Waals surface area contributed by atoms with Crippen LogP contribution in [0.4, 0.5) is 17.1 Å². The van der Waals surface area contributed by atoms with E-state index in [4.69, 9.17) is 0 Å². The van der Waals surface area contributed by atoms with Gasteiger partial charge in [0.25, 0.3) is 11.4 Å².